The van der Waals surface area contributed by atoms with E-state index in [0.717, 1.165) is 0 Å². The zero-order valence-electron chi connectivity index (χ0n) is 11.2. The summed E-state index contributed by atoms with van der Waals surface area (Å²) in [5.41, 5.74) is -1.09. The molecule has 1 rings (SSSR count). The van der Waals surface area contributed by atoms with Crippen LogP contribution >= 0.6 is 23.2 Å². The second-order valence-corrected chi connectivity index (χ2v) is 5.38. The Labute approximate surface area is 127 Å². The fourth-order valence-corrected chi connectivity index (χ4v) is 2.23. The van der Waals surface area contributed by atoms with Gasteiger partial charge in [-0.05, 0) is 25.5 Å². The van der Waals surface area contributed by atoms with Gasteiger partial charge < -0.3 is 15.7 Å². The molecule has 0 saturated heterocycles. The molecule has 0 fully saturated rings. The monoisotopic (exact) mass is 318 g/mol. The van der Waals surface area contributed by atoms with Crippen LogP contribution in [0.4, 0.5) is 10.5 Å². The van der Waals surface area contributed by atoms with Crippen molar-refractivity contribution in [1.29, 1.82) is 0 Å². The minimum Gasteiger partial charge on any atom is -0.480 e. The molecule has 1 unspecified atom stereocenters. The molecule has 0 spiro atoms. The molecule has 0 radical (unpaired) electrons. The minimum absolute atomic E-state index is 0.248. The highest BCUT2D eigenvalue weighted by molar-refractivity contribution is 6.39. The molecule has 110 valence electrons. The molecule has 5 nitrogen and oxygen atoms in total. The summed E-state index contributed by atoms with van der Waals surface area (Å²) in [6.07, 6.45) is 0.932. The molecule has 1 atom stereocenters. The number of benzene rings is 1. The SMILES string of the molecule is CCCC(C)(NC(=O)Nc1c(Cl)cccc1Cl)C(=O)O. The standard InChI is InChI=1S/C13H16Cl2N2O3/c1-3-7-13(2,11(18)19)17-12(20)16-10-8(14)5-4-6-9(10)15/h4-6H,3,7H2,1-2H3,(H,18,19)(H2,16,17,20). The summed E-state index contributed by atoms with van der Waals surface area (Å²) in [6.45, 7) is 3.29. The highest BCUT2D eigenvalue weighted by Crippen LogP contribution is 2.29. The number of anilines is 1. The van der Waals surface area contributed by atoms with Crippen molar-refractivity contribution in [2.75, 3.05) is 5.32 Å². The zero-order valence-corrected chi connectivity index (χ0v) is 12.7. The van der Waals surface area contributed by atoms with Crippen LogP contribution in [0.3, 0.4) is 0 Å². The Bertz CT molecular complexity index is 502. The highest BCUT2D eigenvalue weighted by atomic mass is 35.5. The number of hydrogen-bond acceptors (Lipinski definition) is 2. The van der Waals surface area contributed by atoms with Gasteiger partial charge in [0.15, 0.2) is 0 Å². The molecule has 0 bridgehead atoms. The van der Waals surface area contributed by atoms with Crippen molar-refractivity contribution in [1.82, 2.24) is 5.32 Å². The Balaban J connectivity index is 2.84. The predicted molar refractivity (Wildman–Crippen MR) is 79.6 cm³/mol. The number of hydrogen-bond donors (Lipinski definition) is 3. The van der Waals surface area contributed by atoms with Crippen LogP contribution in [0.2, 0.25) is 10.0 Å². The number of urea groups is 1. The maximum Gasteiger partial charge on any atom is 0.329 e. The quantitative estimate of drug-likeness (QED) is 0.773. The van der Waals surface area contributed by atoms with Crippen molar-refractivity contribution in [3.05, 3.63) is 28.2 Å². The highest BCUT2D eigenvalue weighted by Gasteiger charge is 2.34. The Morgan fingerprint density at radius 3 is 2.30 bits per heavy atom. The Morgan fingerprint density at radius 1 is 1.30 bits per heavy atom. The topological polar surface area (TPSA) is 78.4 Å². The van der Waals surface area contributed by atoms with Gasteiger partial charge in [-0.15, -0.1) is 0 Å². The van der Waals surface area contributed by atoms with E-state index >= 15 is 0 Å². The van der Waals surface area contributed by atoms with Crippen molar-refractivity contribution < 1.29 is 14.7 Å². The van der Waals surface area contributed by atoms with Crippen LogP contribution in [0.25, 0.3) is 0 Å². The lowest BCUT2D eigenvalue weighted by Crippen LogP contribution is -2.53. The van der Waals surface area contributed by atoms with Gasteiger partial charge in [-0.2, -0.15) is 0 Å². The molecule has 0 aromatic heterocycles. The van der Waals surface area contributed by atoms with Crippen LogP contribution in [0.5, 0.6) is 0 Å². The smallest absolute Gasteiger partial charge is 0.329 e. The molecule has 0 aliphatic heterocycles. The van der Waals surface area contributed by atoms with E-state index in [-0.39, 0.29) is 15.7 Å². The normalized spacial score (nSPS) is 13.4. The molecule has 1 aromatic carbocycles. The molecule has 0 heterocycles. The minimum atomic E-state index is -1.34. The predicted octanol–water partition coefficient (Wildman–Crippen LogP) is 3.76. The number of aliphatic carboxylic acids is 1. The Hall–Kier alpha value is -1.46. The summed E-state index contributed by atoms with van der Waals surface area (Å²) in [5.74, 6) is -1.10. The molecule has 3 N–H and O–H groups in total. The van der Waals surface area contributed by atoms with Crippen LogP contribution in [0.1, 0.15) is 26.7 Å². The summed E-state index contributed by atoms with van der Waals surface area (Å²) in [5, 5.41) is 14.6. The number of carboxylic acid groups (broad SMARTS) is 1. The van der Waals surface area contributed by atoms with Crippen LogP contribution in [0, 0.1) is 0 Å². The van der Waals surface area contributed by atoms with Crippen molar-refractivity contribution in [3.8, 4) is 0 Å². The van der Waals surface area contributed by atoms with E-state index in [4.69, 9.17) is 23.2 Å². The Kier molecular flexibility index (Phi) is 5.65. The third-order valence-corrected chi connectivity index (χ3v) is 3.44. The summed E-state index contributed by atoms with van der Waals surface area (Å²) in [4.78, 5) is 23.1. The molecule has 0 saturated carbocycles. The van der Waals surface area contributed by atoms with E-state index in [1.165, 1.54) is 6.92 Å². The van der Waals surface area contributed by atoms with Crippen LogP contribution in [-0.4, -0.2) is 22.6 Å². The van der Waals surface area contributed by atoms with Crippen LogP contribution in [-0.2, 0) is 4.79 Å². The van der Waals surface area contributed by atoms with Gasteiger partial charge >= 0.3 is 12.0 Å². The number of amides is 2. The van der Waals surface area contributed by atoms with E-state index in [0.29, 0.717) is 12.8 Å². The zero-order chi connectivity index (χ0) is 15.3. The first kappa shape index (κ1) is 16.6. The molecule has 7 heteroatoms. The van der Waals surface area contributed by atoms with Crippen molar-refractivity contribution in [2.45, 2.75) is 32.2 Å². The lowest BCUT2D eigenvalue weighted by molar-refractivity contribution is -0.143. The van der Waals surface area contributed by atoms with E-state index in [1.807, 2.05) is 6.92 Å². The molecule has 0 aliphatic rings. The number of nitrogens with one attached hydrogen (secondary N) is 2. The third kappa shape index (κ3) is 4.02. The second kappa shape index (κ2) is 6.81. The number of halogens is 2. The summed E-state index contributed by atoms with van der Waals surface area (Å²) in [6, 6.07) is 4.13. The van der Waals surface area contributed by atoms with Gasteiger partial charge in [-0.25, -0.2) is 9.59 Å². The average molecular weight is 319 g/mol. The average Bonchev–Trinajstić information content (AvgIpc) is 2.34. The van der Waals surface area contributed by atoms with Gasteiger partial charge in [0, 0.05) is 0 Å². The largest absolute Gasteiger partial charge is 0.480 e. The molecule has 1 aromatic rings. The second-order valence-electron chi connectivity index (χ2n) is 4.56. The van der Waals surface area contributed by atoms with E-state index < -0.39 is 17.5 Å². The van der Waals surface area contributed by atoms with Crippen molar-refractivity contribution in [2.24, 2.45) is 0 Å². The first-order valence-corrected chi connectivity index (χ1v) is 6.82. The van der Waals surface area contributed by atoms with Crippen LogP contribution < -0.4 is 10.6 Å². The molecular formula is C13H16Cl2N2O3. The van der Waals surface area contributed by atoms with E-state index in [9.17, 15) is 14.7 Å². The lowest BCUT2D eigenvalue weighted by Gasteiger charge is -2.26. The molecule has 0 aliphatic carbocycles. The summed E-state index contributed by atoms with van der Waals surface area (Å²) >= 11 is 11.9. The number of carbonyl (C=O) groups is 2. The van der Waals surface area contributed by atoms with Crippen molar-refractivity contribution in [3.63, 3.8) is 0 Å². The van der Waals surface area contributed by atoms with Crippen molar-refractivity contribution >= 4 is 40.9 Å². The Morgan fingerprint density at radius 2 is 1.85 bits per heavy atom. The maximum absolute atomic E-state index is 11.9. The summed E-state index contributed by atoms with van der Waals surface area (Å²) < 4.78 is 0. The molecule has 20 heavy (non-hydrogen) atoms. The number of carboxylic acids is 1. The fourth-order valence-electron chi connectivity index (χ4n) is 1.74. The first-order chi connectivity index (χ1) is 9.30. The number of carbonyl (C=O) groups excluding carboxylic acids is 1. The first-order valence-electron chi connectivity index (χ1n) is 6.06. The van der Waals surface area contributed by atoms with Gasteiger partial charge in [-0.1, -0.05) is 42.6 Å². The van der Waals surface area contributed by atoms with E-state index in [2.05, 4.69) is 10.6 Å². The number of para-hydroxylation sites is 1. The molecular weight excluding hydrogens is 303 g/mol. The summed E-state index contributed by atoms with van der Waals surface area (Å²) in [7, 11) is 0. The third-order valence-electron chi connectivity index (χ3n) is 2.81. The number of rotatable bonds is 5. The van der Waals surface area contributed by atoms with Gasteiger partial charge in [0.2, 0.25) is 0 Å². The molecule has 2 amide bonds. The lowest BCUT2D eigenvalue weighted by atomic mass is 9.97. The van der Waals surface area contributed by atoms with Gasteiger partial charge in [-0.3, -0.25) is 0 Å². The van der Waals surface area contributed by atoms with Crippen LogP contribution in [0.15, 0.2) is 18.2 Å². The fraction of sp³-hybridized carbons (Fsp3) is 0.385. The van der Waals surface area contributed by atoms with E-state index in [1.54, 1.807) is 18.2 Å². The van der Waals surface area contributed by atoms with Gasteiger partial charge in [0.25, 0.3) is 0 Å². The van der Waals surface area contributed by atoms with Gasteiger partial charge in [0.1, 0.15) is 5.54 Å². The maximum atomic E-state index is 11.9. The van der Waals surface area contributed by atoms with Gasteiger partial charge in [0.05, 0.1) is 15.7 Å².